The van der Waals surface area contributed by atoms with Crippen LogP contribution in [0.15, 0.2) is 12.1 Å². The number of aromatic nitrogens is 4. The number of alkyl halides is 3. The van der Waals surface area contributed by atoms with Crippen molar-refractivity contribution in [3.05, 3.63) is 34.6 Å². The van der Waals surface area contributed by atoms with Crippen LogP contribution >= 0.6 is 0 Å². The molecule has 2 aliphatic rings. The first kappa shape index (κ1) is 16.9. The number of morpholine rings is 1. The van der Waals surface area contributed by atoms with Gasteiger partial charge in [-0.05, 0) is 41.5 Å². The minimum absolute atomic E-state index is 0.206. The predicted octanol–water partition coefficient (Wildman–Crippen LogP) is 1.83. The number of nitrogens with zero attached hydrogens (tertiary/aromatic N) is 6. The van der Waals surface area contributed by atoms with Gasteiger partial charge in [-0.1, -0.05) is 0 Å². The van der Waals surface area contributed by atoms with E-state index < -0.39 is 17.3 Å². The molecule has 26 heavy (non-hydrogen) atoms. The van der Waals surface area contributed by atoms with Crippen molar-refractivity contribution in [2.75, 3.05) is 13.2 Å². The quantitative estimate of drug-likeness (QED) is 0.827. The largest absolute Gasteiger partial charge is 0.417 e. The molecule has 0 aliphatic carbocycles. The van der Waals surface area contributed by atoms with Crippen molar-refractivity contribution < 1.29 is 17.9 Å². The molecule has 2 aromatic rings. The zero-order valence-corrected chi connectivity index (χ0v) is 13.9. The summed E-state index contributed by atoms with van der Waals surface area (Å²) in [4.78, 5) is 2.18. The van der Waals surface area contributed by atoms with Gasteiger partial charge in [0.15, 0.2) is 5.82 Å². The lowest BCUT2D eigenvalue weighted by Crippen LogP contribution is -2.37. The summed E-state index contributed by atoms with van der Waals surface area (Å²) in [5.41, 5.74) is -0.690. The summed E-state index contributed by atoms with van der Waals surface area (Å²) in [6, 6.07) is 4.05. The van der Waals surface area contributed by atoms with Gasteiger partial charge in [0, 0.05) is 12.6 Å². The molecule has 4 rings (SSSR count). The highest BCUT2D eigenvalue weighted by atomic mass is 19.4. The fraction of sp³-hybridized carbons (Fsp3) is 0.500. The van der Waals surface area contributed by atoms with E-state index in [1.807, 2.05) is 0 Å². The van der Waals surface area contributed by atoms with Crippen LogP contribution in [0.25, 0.3) is 5.69 Å². The topological polar surface area (TPSA) is 79.9 Å². The van der Waals surface area contributed by atoms with E-state index in [1.54, 1.807) is 13.0 Å². The van der Waals surface area contributed by atoms with Crippen LogP contribution in [0.1, 0.15) is 28.9 Å². The Morgan fingerprint density at radius 1 is 1.38 bits per heavy atom. The normalized spacial score (nSPS) is 22.7. The zero-order valence-electron chi connectivity index (χ0n) is 13.9. The van der Waals surface area contributed by atoms with Crippen molar-refractivity contribution in [3.8, 4) is 11.8 Å². The average molecular weight is 364 g/mol. The minimum Gasteiger partial charge on any atom is -0.375 e. The molecule has 0 amide bonds. The second-order valence-corrected chi connectivity index (χ2v) is 6.58. The van der Waals surface area contributed by atoms with E-state index in [0.717, 1.165) is 19.0 Å². The van der Waals surface area contributed by atoms with Crippen molar-refractivity contribution in [3.63, 3.8) is 0 Å². The van der Waals surface area contributed by atoms with Gasteiger partial charge in [0.25, 0.3) is 0 Å². The fourth-order valence-corrected chi connectivity index (χ4v) is 3.60. The van der Waals surface area contributed by atoms with Crippen LogP contribution in [0.3, 0.4) is 0 Å². The van der Waals surface area contributed by atoms with E-state index in [4.69, 9.17) is 10.00 Å². The molecule has 0 spiro atoms. The zero-order chi connectivity index (χ0) is 18.5. The predicted molar refractivity (Wildman–Crippen MR) is 82.2 cm³/mol. The fourth-order valence-electron chi connectivity index (χ4n) is 3.60. The number of fused-ring (bicyclic) bond motifs is 2. The van der Waals surface area contributed by atoms with E-state index in [-0.39, 0.29) is 17.8 Å². The lowest BCUT2D eigenvalue weighted by Gasteiger charge is -2.26. The molecule has 10 heteroatoms. The van der Waals surface area contributed by atoms with Crippen LogP contribution in [0, 0.1) is 18.3 Å². The number of ether oxygens (including phenoxy) is 1. The van der Waals surface area contributed by atoms with Gasteiger partial charge in [-0.25, -0.2) is 0 Å². The second-order valence-electron chi connectivity index (χ2n) is 6.58. The van der Waals surface area contributed by atoms with Crippen molar-refractivity contribution in [2.24, 2.45) is 0 Å². The molecular formula is C16H15F3N6O. The number of halogens is 3. The number of benzene rings is 1. The smallest absolute Gasteiger partial charge is 0.375 e. The summed E-state index contributed by atoms with van der Waals surface area (Å²) >= 11 is 0. The monoisotopic (exact) mass is 364 g/mol. The molecule has 2 saturated heterocycles. The summed E-state index contributed by atoms with van der Waals surface area (Å²) in [5.74, 6) is 0.457. The molecule has 1 unspecified atom stereocenters. The Kier molecular flexibility index (Phi) is 3.93. The van der Waals surface area contributed by atoms with Gasteiger partial charge in [-0.3, -0.25) is 4.90 Å². The Hall–Kier alpha value is -2.51. The highest BCUT2D eigenvalue weighted by Crippen LogP contribution is 2.35. The molecule has 7 nitrogen and oxygen atoms in total. The number of aryl methyl sites for hydroxylation is 1. The molecule has 1 aromatic heterocycles. The maximum atomic E-state index is 13.3. The van der Waals surface area contributed by atoms with E-state index in [9.17, 15) is 13.2 Å². The average Bonchev–Trinajstić information content (AvgIpc) is 3.30. The summed E-state index contributed by atoms with van der Waals surface area (Å²) in [6.07, 6.45) is -3.47. The molecule has 2 aliphatic heterocycles. The SMILES string of the molecule is Cc1cc(C#N)c(C(F)(F)F)cc1-n1nnnc1CN1CC2C[C@H]1CO2. The van der Waals surface area contributed by atoms with E-state index >= 15 is 0 Å². The first-order chi connectivity index (χ1) is 12.4. The third kappa shape index (κ3) is 2.83. The molecule has 2 fully saturated rings. The van der Waals surface area contributed by atoms with Crippen LogP contribution in [0.5, 0.6) is 0 Å². The maximum Gasteiger partial charge on any atom is 0.417 e. The molecular weight excluding hydrogens is 349 g/mol. The van der Waals surface area contributed by atoms with Gasteiger partial charge >= 0.3 is 6.18 Å². The number of hydrogen-bond acceptors (Lipinski definition) is 6. The van der Waals surface area contributed by atoms with Gasteiger partial charge in [0.05, 0.1) is 42.1 Å². The Balaban J connectivity index is 1.71. The molecule has 136 valence electrons. The Labute approximate surface area is 147 Å². The van der Waals surface area contributed by atoms with Gasteiger partial charge < -0.3 is 4.74 Å². The van der Waals surface area contributed by atoms with Gasteiger partial charge in [0.1, 0.15) is 0 Å². The minimum atomic E-state index is -4.63. The Morgan fingerprint density at radius 3 is 2.81 bits per heavy atom. The van der Waals surface area contributed by atoms with Crippen molar-refractivity contribution in [1.29, 1.82) is 5.26 Å². The lowest BCUT2D eigenvalue weighted by atomic mass is 10.0. The molecule has 0 N–H and O–H groups in total. The molecule has 0 saturated carbocycles. The van der Waals surface area contributed by atoms with Crippen LogP contribution in [-0.2, 0) is 17.5 Å². The van der Waals surface area contributed by atoms with Gasteiger partial charge in [0.2, 0.25) is 0 Å². The van der Waals surface area contributed by atoms with E-state index in [0.29, 0.717) is 24.5 Å². The number of tetrazole rings is 1. The number of hydrogen-bond donors (Lipinski definition) is 0. The maximum absolute atomic E-state index is 13.3. The Morgan fingerprint density at radius 2 is 2.19 bits per heavy atom. The van der Waals surface area contributed by atoms with Crippen molar-refractivity contribution >= 4 is 0 Å². The van der Waals surface area contributed by atoms with Crippen LogP contribution in [0.4, 0.5) is 13.2 Å². The standard InChI is InChI=1S/C16H15F3N6O/c1-9-2-10(5-20)13(16(17,18)19)4-14(9)25-15(21-22-23-25)7-24-6-12-3-11(24)8-26-12/h2,4,11-12H,3,6-8H2,1H3/t11-,12?/m0/s1. The molecule has 0 radical (unpaired) electrons. The number of rotatable bonds is 3. The first-order valence-corrected chi connectivity index (χ1v) is 8.12. The van der Waals surface area contributed by atoms with Gasteiger partial charge in [-0.2, -0.15) is 23.1 Å². The summed E-state index contributed by atoms with van der Waals surface area (Å²) in [6.45, 7) is 3.48. The third-order valence-corrected chi connectivity index (χ3v) is 4.88. The summed E-state index contributed by atoms with van der Waals surface area (Å²) < 4.78 is 46.7. The van der Waals surface area contributed by atoms with Crippen molar-refractivity contribution in [2.45, 2.75) is 38.2 Å². The Bertz CT molecular complexity index is 887. The van der Waals surface area contributed by atoms with Crippen molar-refractivity contribution in [1.82, 2.24) is 25.1 Å². The number of likely N-dealkylation sites (tertiary alicyclic amines) is 1. The van der Waals surface area contributed by atoms with Crippen LogP contribution in [0.2, 0.25) is 0 Å². The second kappa shape index (κ2) is 6.03. The highest BCUT2D eigenvalue weighted by molar-refractivity contribution is 5.52. The number of nitriles is 1. The van der Waals surface area contributed by atoms with Gasteiger partial charge in [-0.15, -0.1) is 5.10 Å². The van der Waals surface area contributed by atoms with E-state index in [2.05, 4.69) is 20.4 Å². The first-order valence-electron chi connectivity index (χ1n) is 8.12. The third-order valence-electron chi connectivity index (χ3n) is 4.88. The summed E-state index contributed by atoms with van der Waals surface area (Å²) in [7, 11) is 0. The lowest BCUT2D eigenvalue weighted by molar-refractivity contribution is -0.137. The molecule has 2 bridgehead atoms. The van der Waals surface area contributed by atoms with Crippen LogP contribution in [-0.4, -0.2) is 50.4 Å². The van der Waals surface area contributed by atoms with Crippen LogP contribution < -0.4 is 0 Å². The highest BCUT2D eigenvalue weighted by Gasteiger charge is 2.39. The van der Waals surface area contributed by atoms with E-state index in [1.165, 1.54) is 10.7 Å². The molecule has 2 atom stereocenters. The molecule has 3 heterocycles. The molecule has 1 aromatic carbocycles. The summed E-state index contributed by atoms with van der Waals surface area (Å²) in [5, 5.41) is 20.5.